The number of nitrogens with one attached hydrogen (secondary N) is 2. The summed E-state index contributed by atoms with van der Waals surface area (Å²) in [6, 6.07) is 8.48. The first-order valence-corrected chi connectivity index (χ1v) is 14.2. The van der Waals surface area contributed by atoms with Crippen LogP contribution in [0.15, 0.2) is 36.7 Å². The molecule has 166 valence electrons. The molecular weight excluding hydrogens is 408 g/mol. The van der Waals surface area contributed by atoms with Crippen LogP contribution in [-0.4, -0.2) is 41.2 Å². The third-order valence-corrected chi connectivity index (χ3v) is 6.32. The number of nitrogens with zero attached hydrogens (tertiary/aromatic N) is 3. The Labute approximate surface area is 184 Å². The summed E-state index contributed by atoms with van der Waals surface area (Å²) in [7, 11) is -1.17. The molecule has 0 unspecified atom stereocenters. The molecule has 3 rings (SSSR count). The molecule has 9 heteroatoms. The van der Waals surface area contributed by atoms with Crippen molar-refractivity contribution >= 4 is 42.3 Å². The number of nitrogens with two attached hydrogens (primary N) is 1. The fourth-order valence-corrected chi connectivity index (χ4v) is 3.78. The van der Waals surface area contributed by atoms with E-state index in [1.807, 2.05) is 42.7 Å². The lowest BCUT2D eigenvalue weighted by Gasteiger charge is -2.15. The monoisotopic (exact) mass is 440 g/mol. The van der Waals surface area contributed by atoms with Gasteiger partial charge in [0.05, 0.1) is 11.8 Å². The number of nitrogen functional groups attached to an aromatic ring is 1. The van der Waals surface area contributed by atoms with E-state index in [1.54, 1.807) is 12.4 Å². The SMILES string of the molecule is CC(C)NC(=O)c1cn(COCC[Si](C)(C)C)c2ncc(Nc3cccc(N)c3)nc12. The van der Waals surface area contributed by atoms with Crippen LogP contribution in [-0.2, 0) is 11.5 Å². The molecule has 0 spiro atoms. The summed E-state index contributed by atoms with van der Waals surface area (Å²) in [6.07, 6.45) is 3.41. The Morgan fingerprint density at radius 2 is 2.06 bits per heavy atom. The van der Waals surface area contributed by atoms with Crippen LogP contribution in [0.5, 0.6) is 0 Å². The molecule has 2 heterocycles. The number of hydrogen-bond donors (Lipinski definition) is 3. The zero-order chi connectivity index (χ0) is 22.6. The van der Waals surface area contributed by atoms with Crippen molar-refractivity contribution in [2.45, 2.75) is 52.3 Å². The summed E-state index contributed by atoms with van der Waals surface area (Å²) in [6.45, 7) is 11.8. The van der Waals surface area contributed by atoms with Crippen LogP contribution >= 0.6 is 0 Å². The van der Waals surface area contributed by atoms with Crippen molar-refractivity contribution in [2.24, 2.45) is 0 Å². The van der Waals surface area contributed by atoms with Crippen LogP contribution in [0.3, 0.4) is 0 Å². The lowest BCUT2D eigenvalue weighted by Crippen LogP contribution is -2.30. The number of amides is 1. The minimum atomic E-state index is -1.17. The van der Waals surface area contributed by atoms with Gasteiger partial charge >= 0.3 is 0 Å². The van der Waals surface area contributed by atoms with Gasteiger partial charge < -0.3 is 25.7 Å². The first-order chi connectivity index (χ1) is 14.6. The van der Waals surface area contributed by atoms with Gasteiger partial charge in [0.2, 0.25) is 0 Å². The maximum Gasteiger partial charge on any atom is 0.255 e. The minimum absolute atomic E-state index is 0.0143. The normalized spacial score (nSPS) is 11.8. The maximum absolute atomic E-state index is 12.8. The van der Waals surface area contributed by atoms with Gasteiger partial charge in [-0.3, -0.25) is 4.79 Å². The molecule has 1 amide bonds. The topological polar surface area (TPSA) is 107 Å². The van der Waals surface area contributed by atoms with E-state index in [4.69, 9.17) is 10.5 Å². The van der Waals surface area contributed by atoms with E-state index in [0.29, 0.717) is 41.6 Å². The molecule has 0 saturated heterocycles. The van der Waals surface area contributed by atoms with Crippen LogP contribution in [0.1, 0.15) is 24.2 Å². The number of hydrogen-bond acceptors (Lipinski definition) is 6. The van der Waals surface area contributed by atoms with Gasteiger partial charge in [0.25, 0.3) is 5.91 Å². The number of aromatic nitrogens is 3. The van der Waals surface area contributed by atoms with Gasteiger partial charge in [0.1, 0.15) is 18.1 Å². The molecule has 2 aromatic heterocycles. The molecule has 3 aromatic rings. The predicted molar refractivity (Wildman–Crippen MR) is 128 cm³/mol. The van der Waals surface area contributed by atoms with Crippen molar-refractivity contribution in [3.8, 4) is 0 Å². The molecule has 0 aliphatic rings. The number of anilines is 3. The van der Waals surface area contributed by atoms with Gasteiger partial charge in [-0.1, -0.05) is 25.7 Å². The molecule has 0 aliphatic carbocycles. The Hall–Kier alpha value is -2.91. The molecule has 0 bridgehead atoms. The number of benzene rings is 1. The standard InChI is InChI=1S/C22H32N6O2Si/c1-15(2)25-22(29)18-13-28(14-30-9-10-31(3,4)5)21-20(18)27-19(12-24-21)26-17-8-6-7-16(23)11-17/h6-8,11-13,15H,9-10,14,23H2,1-5H3,(H,25,29)(H,26,27). The molecule has 0 aliphatic heterocycles. The maximum atomic E-state index is 12.8. The quantitative estimate of drug-likeness (QED) is 0.261. The highest BCUT2D eigenvalue weighted by atomic mass is 28.3. The van der Waals surface area contributed by atoms with E-state index in [0.717, 1.165) is 11.7 Å². The Morgan fingerprint density at radius 3 is 2.74 bits per heavy atom. The van der Waals surface area contributed by atoms with Crippen molar-refractivity contribution in [1.29, 1.82) is 0 Å². The zero-order valence-corrected chi connectivity index (χ0v) is 19.9. The predicted octanol–water partition coefficient (Wildman–Crippen LogP) is 4.21. The summed E-state index contributed by atoms with van der Waals surface area (Å²) in [5, 5.41) is 6.14. The smallest absolute Gasteiger partial charge is 0.255 e. The average molecular weight is 441 g/mol. The van der Waals surface area contributed by atoms with Crippen molar-refractivity contribution in [2.75, 3.05) is 17.7 Å². The number of fused-ring (bicyclic) bond motifs is 1. The summed E-state index contributed by atoms with van der Waals surface area (Å²) >= 11 is 0. The van der Waals surface area contributed by atoms with Crippen LogP contribution in [0.25, 0.3) is 11.2 Å². The third kappa shape index (κ3) is 6.28. The van der Waals surface area contributed by atoms with Crippen LogP contribution in [0.4, 0.5) is 17.2 Å². The van der Waals surface area contributed by atoms with Gasteiger partial charge in [-0.25, -0.2) is 9.97 Å². The van der Waals surface area contributed by atoms with Crippen LogP contribution < -0.4 is 16.4 Å². The number of carbonyl (C=O) groups is 1. The molecule has 31 heavy (non-hydrogen) atoms. The molecule has 0 fully saturated rings. The Balaban J connectivity index is 1.89. The van der Waals surface area contributed by atoms with Gasteiger partial charge in [-0.05, 0) is 38.1 Å². The van der Waals surface area contributed by atoms with Crippen molar-refractivity contribution < 1.29 is 9.53 Å². The fourth-order valence-electron chi connectivity index (χ4n) is 3.02. The number of ether oxygens (including phenoxy) is 1. The van der Waals surface area contributed by atoms with Gasteiger partial charge in [0.15, 0.2) is 5.65 Å². The molecule has 1 aromatic carbocycles. The highest BCUT2D eigenvalue weighted by molar-refractivity contribution is 6.76. The van der Waals surface area contributed by atoms with Crippen molar-refractivity contribution in [1.82, 2.24) is 19.9 Å². The van der Waals surface area contributed by atoms with Crippen LogP contribution in [0.2, 0.25) is 25.7 Å². The minimum Gasteiger partial charge on any atom is -0.399 e. The summed E-state index contributed by atoms with van der Waals surface area (Å²) in [4.78, 5) is 22.0. The molecule has 8 nitrogen and oxygen atoms in total. The Morgan fingerprint density at radius 1 is 1.29 bits per heavy atom. The Kier molecular flexibility index (Phi) is 6.96. The molecule has 4 N–H and O–H groups in total. The van der Waals surface area contributed by atoms with Gasteiger partial charge in [-0.2, -0.15) is 0 Å². The van der Waals surface area contributed by atoms with E-state index in [1.165, 1.54) is 0 Å². The largest absolute Gasteiger partial charge is 0.399 e. The third-order valence-electron chi connectivity index (χ3n) is 4.62. The lowest BCUT2D eigenvalue weighted by molar-refractivity contribution is 0.0890. The molecule has 0 radical (unpaired) electrons. The van der Waals surface area contributed by atoms with E-state index in [-0.39, 0.29) is 11.9 Å². The van der Waals surface area contributed by atoms with E-state index in [9.17, 15) is 4.79 Å². The summed E-state index contributed by atoms with van der Waals surface area (Å²) in [5.74, 6) is 0.352. The molecule has 0 saturated carbocycles. The number of rotatable bonds is 9. The molecule has 0 atom stereocenters. The molecular formula is C22H32N6O2Si. The van der Waals surface area contributed by atoms with Gasteiger partial charge in [-0.15, -0.1) is 0 Å². The second-order valence-corrected chi connectivity index (χ2v) is 14.8. The van der Waals surface area contributed by atoms with E-state index < -0.39 is 8.07 Å². The Bertz CT molecular complexity index is 1060. The highest BCUT2D eigenvalue weighted by Gasteiger charge is 2.19. The summed E-state index contributed by atoms with van der Waals surface area (Å²) in [5.41, 5.74) is 8.92. The second-order valence-electron chi connectivity index (χ2n) is 9.17. The van der Waals surface area contributed by atoms with Gasteiger partial charge in [0, 0.05) is 38.3 Å². The van der Waals surface area contributed by atoms with Crippen molar-refractivity contribution in [3.63, 3.8) is 0 Å². The first kappa shape index (κ1) is 22.8. The van der Waals surface area contributed by atoms with Crippen LogP contribution in [0, 0.1) is 0 Å². The van der Waals surface area contributed by atoms with E-state index >= 15 is 0 Å². The summed E-state index contributed by atoms with van der Waals surface area (Å²) < 4.78 is 7.73. The second kappa shape index (κ2) is 9.48. The fraction of sp³-hybridized carbons (Fsp3) is 0.409. The first-order valence-electron chi connectivity index (χ1n) is 10.5. The lowest BCUT2D eigenvalue weighted by atomic mass is 10.2. The number of carbonyl (C=O) groups excluding carboxylic acids is 1. The average Bonchev–Trinajstić information content (AvgIpc) is 3.02. The zero-order valence-electron chi connectivity index (χ0n) is 18.9. The highest BCUT2D eigenvalue weighted by Crippen LogP contribution is 2.23. The van der Waals surface area contributed by atoms with E-state index in [2.05, 4.69) is 40.2 Å². The van der Waals surface area contributed by atoms with Crippen molar-refractivity contribution in [3.05, 3.63) is 42.2 Å².